The molecule has 0 aliphatic heterocycles. The van der Waals surface area contributed by atoms with Gasteiger partial charge in [0.2, 0.25) is 0 Å². The zero-order valence-electron chi connectivity index (χ0n) is 6.77. The van der Waals surface area contributed by atoms with Gasteiger partial charge in [-0.25, -0.2) is 0 Å². The van der Waals surface area contributed by atoms with Crippen molar-refractivity contribution in [1.29, 1.82) is 0 Å². The van der Waals surface area contributed by atoms with Crippen LogP contribution < -0.4 is 0 Å². The van der Waals surface area contributed by atoms with Gasteiger partial charge in [0.1, 0.15) is 11.5 Å². The van der Waals surface area contributed by atoms with Crippen molar-refractivity contribution in [3.63, 3.8) is 0 Å². The monoisotopic (exact) mass is 288 g/mol. The van der Waals surface area contributed by atoms with E-state index in [0.717, 1.165) is 10.8 Å². The van der Waals surface area contributed by atoms with Gasteiger partial charge in [-0.2, -0.15) is 0 Å². The maximum absolute atomic E-state index is 9.14. The molecule has 0 radical (unpaired) electrons. The standard InChI is InChI=1S/C10H8O2.HI/c11-9-3-1-7-5-10(12)4-2-8(7)6-9;/h1-6,11-12H;1H. The quantitative estimate of drug-likeness (QED) is 0.732. The van der Waals surface area contributed by atoms with E-state index in [-0.39, 0.29) is 35.5 Å². The van der Waals surface area contributed by atoms with E-state index in [1.165, 1.54) is 0 Å². The molecule has 0 aliphatic carbocycles. The second-order valence-electron chi connectivity index (χ2n) is 2.72. The number of benzene rings is 2. The fourth-order valence-electron chi connectivity index (χ4n) is 1.22. The fraction of sp³-hybridized carbons (Fsp3) is 0. The third kappa shape index (κ3) is 2.03. The first-order chi connectivity index (χ1) is 5.75. The lowest BCUT2D eigenvalue weighted by Gasteiger charge is -1.98. The first-order valence-electron chi connectivity index (χ1n) is 3.67. The van der Waals surface area contributed by atoms with Crippen LogP contribution in [0.2, 0.25) is 0 Å². The van der Waals surface area contributed by atoms with E-state index >= 15 is 0 Å². The maximum atomic E-state index is 9.14. The summed E-state index contributed by atoms with van der Waals surface area (Å²) in [6.45, 7) is 0. The molecule has 0 aromatic heterocycles. The Labute approximate surface area is 92.8 Å². The summed E-state index contributed by atoms with van der Waals surface area (Å²) in [5.74, 6) is 0.487. The van der Waals surface area contributed by atoms with Crippen LogP contribution in [0.25, 0.3) is 10.8 Å². The van der Waals surface area contributed by atoms with Gasteiger partial charge in [0, 0.05) is 0 Å². The Morgan fingerprint density at radius 2 is 1.08 bits per heavy atom. The molecule has 0 amide bonds. The zero-order valence-corrected chi connectivity index (χ0v) is 9.10. The number of phenolic OH excluding ortho intramolecular Hbond substituents is 2. The highest BCUT2D eigenvalue weighted by atomic mass is 127. The Kier molecular flexibility index (Phi) is 2.98. The van der Waals surface area contributed by atoms with Crippen molar-refractivity contribution in [1.82, 2.24) is 0 Å². The fourth-order valence-corrected chi connectivity index (χ4v) is 1.22. The topological polar surface area (TPSA) is 40.5 Å². The van der Waals surface area contributed by atoms with Crippen molar-refractivity contribution in [2.75, 3.05) is 0 Å². The van der Waals surface area contributed by atoms with Gasteiger partial charge < -0.3 is 10.2 Å². The molecule has 0 unspecified atom stereocenters. The molecule has 0 atom stereocenters. The number of aromatic hydroxyl groups is 2. The summed E-state index contributed by atoms with van der Waals surface area (Å²) in [5.41, 5.74) is 0. The molecular weight excluding hydrogens is 279 g/mol. The Morgan fingerprint density at radius 3 is 1.46 bits per heavy atom. The van der Waals surface area contributed by atoms with Crippen molar-refractivity contribution in [3.05, 3.63) is 36.4 Å². The normalized spacial score (nSPS) is 9.54. The van der Waals surface area contributed by atoms with Gasteiger partial charge in [-0.05, 0) is 35.0 Å². The van der Waals surface area contributed by atoms with Gasteiger partial charge in [0.25, 0.3) is 0 Å². The molecule has 0 spiro atoms. The van der Waals surface area contributed by atoms with Crippen LogP contribution in [0, 0.1) is 0 Å². The molecule has 3 heteroatoms. The average Bonchev–Trinajstić information content (AvgIpc) is 2.05. The highest BCUT2D eigenvalue weighted by Crippen LogP contribution is 2.23. The molecule has 68 valence electrons. The largest absolute Gasteiger partial charge is 0.508 e. The van der Waals surface area contributed by atoms with Crippen molar-refractivity contribution < 1.29 is 10.2 Å². The second-order valence-corrected chi connectivity index (χ2v) is 2.72. The molecule has 2 aromatic rings. The molecular formula is C10H9IO2. The number of hydrogen-bond acceptors (Lipinski definition) is 2. The van der Waals surface area contributed by atoms with Crippen LogP contribution in [0.1, 0.15) is 0 Å². The summed E-state index contributed by atoms with van der Waals surface area (Å²) in [5, 5.41) is 20.1. The Balaban J connectivity index is 0.000000845. The number of halogens is 1. The van der Waals surface area contributed by atoms with Crippen LogP contribution >= 0.6 is 24.0 Å². The van der Waals surface area contributed by atoms with Crippen molar-refractivity contribution >= 4 is 34.7 Å². The smallest absolute Gasteiger partial charge is 0.116 e. The van der Waals surface area contributed by atoms with Crippen molar-refractivity contribution in [2.45, 2.75) is 0 Å². The first kappa shape index (κ1) is 10.1. The minimum Gasteiger partial charge on any atom is -0.508 e. The van der Waals surface area contributed by atoms with E-state index in [4.69, 9.17) is 10.2 Å². The lowest BCUT2D eigenvalue weighted by molar-refractivity contribution is 0.474. The number of rotatable bonds is 0. The number of phenols is 2. The number of fused-ring (bicyclic) bond motifs is 1. The molecule has 0 saturated heterocycles. The predicted molar refractivity (Wildman–Crippen MR) is 62.7 cm³/mol. The molecule has 2 N–H and O–H groups in total. The average molecular weight is 288 g/mol. The molecule has 0 fully saturated rings. The Hall–Kier alpha value is -0.970. The van der Waals surface area contributed by atoms with E-state index in [9.17, 15) is 0 Å². The molecule has 0 bridgehead atoms. The molecule has 2 aromatic carbocycles. The molecule has 2 nitrogen and oxygen atoms in total. The molecule has 13 heavy (non-hydrogen) atoms. The summed E-state index contributed by atoms with van der Waals surface area (Å²) >= 11 is 0. The van der Waals surface area contributed by atoms with Gasteiger partial charge in [-0.1, -0.05) is 12.1 Å². The minimum atomic E-state index is 0. The summed E-state index contributed by atoms with van der Waals surface area (Å²) in [6.07, 6.45) is 0. The third-order valence-electron chi connectivity index (χ3n) is 1.81. The van der Waals surface area contributed by atoms with Gasteiger partial charge in [-0.3, -0.25) is 0 Å². The highest BCUT2D eigenvalue weighted by molar-refractivity contribution is 14.0. The van der Waals surface area contributed by atoms with E-state index in [1.807, 2.05) is 0 Å². The maximum Gasteiger partial charge on any atom is 0.116 e. The van der Waals surface area contributed by atoms with Crippen LogP contribution in [-0.4, -0.2) is 10.2 Å². The van der Waals surface area contributed by atoms with Gasteiger partial charge >= 0.3 is 0 Å². The van der Waals surface area contributed by atoms with Crippen LogP contribution in [0.5, 0.6) is 11.5 Å². The van der Waals surface area contributed by atoms with E-state index in [2.05, 4.69) is 0 Å². The molecule has 0 heterocycles. The van der Waals surface area contributed by atoms with E-state index < -0.39 is 0 Å². The zero-order chi connectivity index (χ0) is 8.55. The molecule has 0 saturated carbocycles. The van der Waals surface area contributed by atoms with Crippen LogP contribution in [0.3, 0.4) is 0 Å². The van der Waals surface area contributed by atoms with Crippen LogP contribution in [0.4, 0.5) is 0 Å². The molecule has 2 rings (SSSR count). The third-order valence-corrected chi connectivity index (χ3v) is 1.81. The van der Waals surface area contributed by atoms with E-state index in [0.29, 0.717) is 0 Å². The van der Waals surface area contributed by atoms with Crippen molar-refractivity contribution in [2.24, 2.45) is 0 Å². The summed E-state index contributed by atoms with van der Waals surface area (Å²) < 4.78 is 0. The summed E-state index contributed by atoms with van der Waals surface area (Å²) in [7, 11) is 0. The highest BCUT2D eigenvalue weighted by Gasteiger charge is 1.95. The first-order valence-corrected chi connectivity index (χ1v) is 3.67. The Morgan fingerprint density at radius 1 is 0.692 bits per heavy atom. The summed E-state index contributed by atoms with van der Waals surface area (Å²) in [4.78, 5) is 0. The lowest BCUT2D eigenvalue weighted by Crippen LogP contribution is -1.71. The van der Waals surface area contributed by atoms with Gasteiger partial charge in [-0.15, -0.1) is 24.0 Å². The Bertz CT molecular complexity index is 385. The van der Waals surface area contributed by atoms with Gasteiger partial charge in [0.15, 0.2) is 0 Å². The van der Waals surface area contributed by atoms with Gasteiger partial charge in [0.05, 0.1) is 0 Å². The van der Waals surface area contributed by atoms with E-state index in [1.54, 1.807) is 36.4 Å². The molecule has 0 aliphatic rings. The number of hydrogen-bond donors (Lipinski definition) is 2. The SMILES string of the molecule is I.Oc1ccc2cc(O)ccc2c1. The predicted octanol–water partition coefficient (Wildman–Crippen LogP) is 2.87. The summed E-state index contributed by atoms with van der Waals surface area (Å²) in [6, 6.07) is 10.1. The van der Waals surface area contributed by atoms with Crippen molar-refractivity contribution in [3.8, 4) is 11.5 Å². The van der Waals surface area contributed by atoms with Crippen LogP contribution in [-0.2, 0) is 0 Å². The lowest BCUT2D eigenvalue weighted by atomic mass is 10.1. The second kappa shape index (κ2) is 3.83. The van der Waals surface area contributed by atoms with Crippen LogP contribution in [0.15, 0.2) is 36.4 Å². The minimum absolute atomic E-state index is 0.